The van der Waals surface area contributed by atoms with Gasteiger partial charge >= 0.3 is 0 Å². The molecule has 2 aromatic heterocycles. The molecule has 31 heavy (non-hydrogen) atoms. The summed E-state index contributed by atoms with van der Waals surface area (Å²) in [5.74, 6) is 0.739. The van der Waals surface area contributed by atoms with Crippen LogP contribution in [0.25, 0.3) is 11.5 Å². The smallest absolute Gasteiger partial charge is 0.257 e. The van der Waals surface area contributed by atoms with Gasteiger partial charge in [0.2, 0.25) is 5.91 Å². The van der Waals surface area contributed by atoms with Crippen molar-refractivity contribution in [3.63, 3.8) is 0 Å². The molecule has 1 aromatic carbocycles. The number of pyridine rings is 1. The van der Waals surface area contributed by atoms with Crippen molar-refractivity contribution in [2.45, 2.75) is 13.0 Å². The van der Waals surface area contributed by atoms with E-state index in [2.05, 4.69) is 25.3 Å². The zero-order valence-corrected chi connectivity index (χ0v) is 17.1. The number of carbonyl (C=O) groups excluding carboxylic acids is 2. The Bertz CT molecular complexity index is 1010. The lowest BCUT2D eigenvalue weighted by atomic mass is 10.2. The maximum Gasteiger partial charge on any atom is 0.257 e. The summed E-state index contributed by atoms with van der Waals surface area (Å²) >= 11 is 0. The van der Waals surface area contributed by atoms with E-state index >= 15 is 0 Å². The second kappa shape index (κ2) is 9.94. The molecule has 3 heterocycles. The number of carbonyl (C=O) groups is 2. The van der Waals surface area contributed by atoms with Crippen LogP contribution in [-0.4, -0.2) is 69.5 Å². The van der Waals surface area contributed by atoms with Crippen LogP contribution in [0.3, 0.4) is 0 Å². The molecule has 1 fully saturated rings. The third-order valence-corrected chi connectivity index (χ3v) is 5.12. The highest BCUT2D eigenvalue weighted by molar-refractivity contribution is 5.96. The fraction of sp³-hybridized carbons (Fsp3) is 0.318. The third kappa shape index (κ3) is 5.52. The van der Waals surface area contributed by atoms with E-state index in [0.29, 0.717) is 43.5 Å². The van der Waals surface area contributed by atoms with Gasteiger partial charge in [0.1, 0.15) is 0 Å². The van der Waals surface area contributed by atoms with Crippen LogP contribution >= 0.6 is 0 Å². The molecule has 160 valence electrons. The van der Waals surface area contributed by atoms with Crippen molar-refractivity contribution in [1.82, 2.24) is 30.2 Å². The first-order chi connectivity index (χ1) is 15.2. The summed E-state index contributed by atoms with van der Waals surface area (Å²) in [6.45, 7) is 3.32. The Balaban J connectivity index is 1.26. The molecule has 9 nitrogen and oxygen atoms in total. The summed E-state index contributed by atoms with van der Waals surface area (Å²) in [4.78, 5) is 37.1. The van der Waals surface area contributed by atoms with Crippen LogP contribution in [0.15, 0.2) is 59.4 Å². The fourth-order valence-electron chi connectivity index (χ4n) is 3.46. The summed E-state index contributed by atoms with van der Waals surface area (Å²) < 4.78 is 5.38. The Morgan fingerprint density at radius 1 is 1.03 bits per heavy atom. The van der Waals surface area contributed by atoms with E-state index in [0.717, 1.165) is 18.5 Å². The Hall–Kier alpha value is -3.59. The monoisotopic (exact) mass is 420 g/mol. The summed E-state index contributed by atoms with van der Waals surface area (Å²) in [6, 6.07) is 13.0. The van der Waals surface area contributed by atoms with Gasteiger partial charge in [-0.05, 0) is 30.7 Å². The van der Waals surface area contributed by atoms with Gasteiger partial charge in [0.25, 0.3) is 11.8 Å². The predicted molar refractivity (Wildman–Crippen MR) is 113 cm³/mol. The van der Waals surface area contributed by atoms with Crippen LogP contribution < -0.4 is 5.32 Å². The Labute approximate surface area is 180 Å². The number of amides is 2. The normalized spacial score (nSPS) is 14.8. The van der Waals surface area contributed by atoms with Gasteiger partial charge in [0, 0.05) is 44.1 Å². The number of nitrogens with one attached hydrogen (secondary N) is 1. The SMILES string of the molecule is O=C(NCC(=O)N1CCCN(Cc2noc(-c3ccccc3)n2)CC1)c1cccnc1. The number of benzene rings is 1. The molecule has 3 aromatic rings. The van der Waals surface area contributed by atoms with Crippen LogP contribution in [0.1, 0.15) is 22.6 Å². The fourth-order valence-corrected chi connectivity index (χ4v) is 3.46. The molecule has 0 saturated carbocycles. The van der Waals surface area contributed by atoms with Crippen molar-refractivity contribution in [2.75, 3.05) is 32.7 Å². The van der Waals surface area contributed by atoms with Crippen LogP contribution in [0.2, 0.25) is 0 Å². The van der Waals surface area contributed by atoms with E-state index < -0.39 is 0 Å². The minimum absolute atomic E-state index is 0.0288. The van der Waals surface area contributed by atoms with Crippen molar-refractivity contribution in [1.29, 1.82) is 0 Å². The number of hydrogen-bond acceptors (Lipinski definition) is 7. The maximum atomic E-state index is 12.5. The molecule has 9 heteroatoms. The second-order valence-electron chi connectivity index (χ2n) is 7.32. The molecule has 1 saturated heterocycles. The van der Waals surface area contributed by atoms with E-state index in [4.69, 9.17) is 4.52 Å². The second-order valence-corrected chi connectivity index (χ2v) is 7.32. The van der Waals surface area contributed by atoms with Gasteiger partial charge in [-0.25, -0.2) is 0 Å². The van der Waals surface area contributed by atoms with Gasteiger partial charge in [0.05, 0.1) is 18.7 Å². The molecule has 0 aliphatic carbocycles. The number of hydrogen-bond donors (Lipinski definition) is 1. The predicted octanol–water partition coefficient (Wildman–Crippen LogP) is 1.60. The number of nitrogens with zero attached hydrogens (tertiary/aromatic N) is 5. The van der Waals surface area contributed by atoms with Gasteiger partial charge in [0.15, 0.2) is 5.82 Å². The molecule has 2 amide bonds. The number of rotatable bonds is 6. The molecule has 0 unspecified atom stereocenters. The maximum absolute atomic E-state index is 12.5. The molecule has 0 bridgehead atoms. The summed E-state index contributed by atoms with van der Waals surface area (Å²) in [5, 5.41) is 6.76. The average molecular weight is 420 g/mol. The molecule has 0 radical (unpaired) electrons. The molecule has 4 rings (SSSR count). The third-order valence-electron chi connectivity index (χ3n) is 5.12. The van der Waals surface area contributed by atoms with Crippen LogP contribution in [-0.2, 0) is 11.3 Å². The van der Waals surface area contributed by atoms with Crippen molar-refractivity contribution in [3.05, 3.63) is 66.2 Å². The summed E-state index contributed by atoms with van der Waals surface area (Å²) in [6.07, 6.45) is 3.92. The van der Waals surface area contributed by atoms with Crippen molar-refractivity contribution in [2.24, 2.45) is 0 Å². The van der Waals surface area contributed by atoms with E-state index in [9.17, 15) is 9.59 Å². The molecular formula is C22H24N6O3. The summed E-state index contributed by atoms with van der Waals surface area (Å²) in [5.41, 5.74) is 1.33. The Morgan fingerprint density at radius 3 is 2.71 bits per heavy atom. The zero-order chi connectivity index (χ0) is 21.5. The first-order valence-corrected chi connectivity index (χ1v) is 10.3. The van der Waals surface area contributed by atoms with Gasteiger partial charge in [-0.2, -0.15) is 4.98 Å². The largest absolute Gasteiger partial charge is 0.343 e. The van der Waals surface area contributed by atoms with Crippen LogP contribution in [0.5, 0.6) is 0 Å². The van der Waals surface area contributed by atoms with E-state index in [1.54, 1.807) is 23.2 Å². The van der Waals surface area contributed by atoms with E-state index in [-0.39, 0.29) is 18.4 Å². The van der Waals surface area contributed by atoms with Crippen molar-refractivity contribution < 1.29 is 14.1 Å². The van der Waals surface area contributed by atoms with E-state index in [1.165, 1.54) is 6.20 Å². The van der Waals surface area contributed by atoms with Gasteiger partial charge in [-0.3, -0.25) is 19.5 Å². The lowest BCUT2D eigenvalue weighted by molar-refractivity contribution is -0.130. The van der Waals surface area contributed by atoms with Crippen LogP contribution in [0, 0.1) is 0 Å². The Kier molecular flexibility index (Phi) is 6.63. The standard InChI is InChI=1S/C22H24N6O3/c29-20(15-24-21(30)18-8-4-9-23-14-18)28-11-5-10-27(12-13-28)16-19-25-22(31-26-19)17-6-2-1-3-7-17/h1-4,6-9,14H,5,10-13,15-16H2,(H,24,30). The zero-order valence-electron chi connectivity index (χ0n) is 17.1. The Morgan fingerprint density at radius 2 is 1.90 bits per heavy atom. The van der Waals surface area contributed by atoms with Crippen molar-refractivity contribution >= 4 is 11.8 Å². The molecule has 1 aliphatic heterocycles. The molecule has 0 spiro atoms. The van der Waals surface area contributed by atoms with E-state index in [1.807, 2.05) is 30.3 Å². The van der Waals surface area contributed by atoms with Gasteiger partial charge < -0.3 is 14.7 Å². The molecule has 1 N–H and O–H groups in total. The highest BCUT2D eigenvalue weighted by atomic mass is 16.5. The number of aromatic nitrogens is 3. The lowest BCUT2D eigenvalue weighted by Gasteiger charge is -2.21. The van der Waals surface area contributed by atoms with Crippen molar-refractivity contribution in [3.8, 4) is 11.5 Å². The highest BCUT2D eigenvalue weighted by Crippen LogP contribution is 2.17. The molecular weight excluding hydrogens is 396 g/mol. The minimum Gasteiger partial charge on any atom is -0.343 e. The quantitative estimate of drug-likeness (QED) is 0.646. The first kappa shape index (κ1) is 20.7. The highest BCUT2D eigenvalue weighted by Gasteiger charge is 2.21. The van der Waals surface area contributed by atoms with Gasteiger partial charge in [-0.1, -0.05) is 23.4 Å². The topological polar surface area (TPSA) is 104 Å². The lowest BCUT2D eigenvalue weighted by Crippen LogP contribution is -2.42. The first-order valence-electron chi connectivity index (χ1n) is 10.3. The minimum atomic E-state index is -0.302. The summed E-state index contributed by atoms with van der Waals surface area (Å²) in [7, 11) is 0. The molecule has 0 atom stereocenters. The van der Waals surface area contributed by atoms with Gasteiger partial charge in [-0.15, -0.1) is 0 Å². The average Bonchev–Trinajstić information content (AvgIpc) is 3.16. The molecule has 1 aliphatic rings. The van der Waals surface area contributed by atoms with Crippen LogP contribution in [0.4, 0.5) is 0 Å².